The Morgan fingerprint density at radius 2 is 1.77 bits per heavy atom. The number of fused-ring (bicyclic) bond motifs is 1. The monoisotopic (exact) mass is 181 g/mol. The van der Waals surface area contributed by atoms with Crippen molar-refractivity contribution in [1.82, 2.24) is 4.57 Å². The third-order valence-corrected chi connectivity index (χ3v) is 2.23. The van der Waals surface area contributed by atoms with Crippen LogP contribution in [-0.2, 0) is 7.05 Å². The van der Waals surface area contributed by atoms with Gasteiger partial charge in [-0.3, -0.25) is 0 Å². The molecule has 68 valence electrons. The highest BCUT2D eigenvalue weighted by Gasteiger charge is 2.08. The predicted octanol–water partition coefficient (Wildman–Crippen LogP) is 2.76. The van der Waals surface area contributed by atoms with Crippen molar-refractivity contribution in [3.05, 3.63) is 35.5 Å². The van der Waals surface area contributed by atoms with E-state index in [0.29, 0.717) is 0 Å². The largest absolute Gasteiger partial charge is 0.350 e. The van der Waals surface area contributed by atoms with Gasteiger partial charge in [0.15, 0.2) is 11.6 Å². The highest BCUT2D eigenvalue weighted by atomic mass is 19.2. The number of benzene rings is 1. The van der Waals surface area contributed by atoms with Crippen LogP contribution < -0.4 is 0 Å². The van der Waals surface area contributed by atoms with Gasteiger partial charge < -0.3 is 4.57 Å². The molecule has 1 heterocycles. The van der Waals surface area contributed by atoms with Crippen molar-refractivity contribution in [3.63, 3.8) is 0 Å². The second-order valence-corrected chi connectivity index (χ2v) is 3.21. The average molecular weight is 181 g/mol. The molecule has 0 saturated heterocycles. The molecule has 0 N–H and O–H groups in total. The molecule has 13 heavy (non-hydrogen) atoms. The maximum absolute atomic E-state index is 12.9. The topological polar surface area (TPSA) is 4.93 Å². The van der Waals surface area contributed by atoms with Crippen molar-refractivity contribution in [2.24, 2.45) is 7.05 Å². The third-order valence-electron chi connectivity index (χ3n) is 2.23. The van der Waals surface area contributed by atoms with E-state index in [1.807, 2.05) is 20.2 Å². The van der Waals surface area contributed by atoms with Crippen molar-refractivity contribution in [2.45, 2.75) is 6.92 Å². The Morgan fingerprint density at radius 3 is 2.46 bits per heavy atom. The summed E-state index contributed by atoms with van der Waals surface area (Å²) in [5.74, 6) is -1.59. The van der Waals surface area contributed by atoms with E-state index in [1.165, 1.54) is 12.1 Å². The molecule has 1 aromatic heterocycles. The van der Waals surface area contributed by atoms with Gasteiger partial charge in [0, 0.05) is 24.7 Å². The maximum atomic E-state index is 12.9. The molecule has 1 nitrogen and oxygen atoms in total. The quantitative estimate of drug-likeness (QED) is 0.589. The zero-order chi connectivity index (χ0) is 9.59. The molecule has 0 atom stereocenters. The van der Waals surface area contributed by atoms with Crippen LogP contribution in [0.2, 0.25) is 0 Å². The van der Waals surface area contributed by atoms with Gasteiger partial charge in [0.25, 0.3) is 0 Å². The lowest BCUT2D eigenvalue weighted by atomic mass is 10.2. The molecule has 0 saturated carbocycles. The van der Waals surface area contributed by atoms with Gasteiger partial charge in [0.05, 0.1) is 5.52 Å². The van der Waals surface area contributed by atoms with Gasteiger partial charge in [-0.2, -0.15) is 0 Å². The van der Waals surface area contributed by atoms with Crippen molar-refractivity contribution in [3.8, 4) is 0 Å². The van der Waals surface area contributed by atoms with Gasteiger partial charge in [-0.15, -0.1) is 0 Å². The van der Waals surface area contributed by atoms with E-state index in [-0.39, 0.29) is 0 Å². The average Bonchev–Trinajstić information content (AvgIpc) is 2.31. The first-order chi connectivity index (χ1) is 6.09. The van der Waals surface area contributed by atoms with Crippen LogP contribution in [-0.4, -0.2) is 4.57 Å². The standard InChI is InChI=1S/C10H9F2N/c1-6-5-13(2)10-4-9(12)8(11)3-7(6)10/h3-5H,1-2H3. The fraction of sp³-hybridized carbons (Fsp3) is 0.200. The van der Waals surface area contributed by atoms with Crippen LogP contribution in [0, 0.1) is 18.6 Å². The lowest BCUT2D eigenvalue weighted by molar-refractivity contribution is 0.510. The summed E-state index contributed by atoms with van der Waals surface area (Å²) in [5.41, 5.74) is 1.67. The second kappa shape index (κ2) is 2.55. The summed E-state index contributed by atoms with van der Waals surface area (Å²) >= 11 is 0. The normalized spacial score (nSPS) is 11.1. The first-order valence-corrected chi connectivity index (χ1v) is 4.00. The lowest BCUT2D eigenvalue weighted by Gasteiger charge is -1.97. The smallest absolute Gasteiger partial charge is 0.160 e. The predicted molar refractivity (Wildman–Crippen MR) is 47.6 cm³/mol. The molecule has 2 rings (SSSR count). The van der Waals surface area contributed by atoms with Crippen molar-refractivity contribution < 1.29 is 8.78 Å². The summed E-state index contributed by atoms with van der Waals surface area (Å²) in [5, 5.41) is 0.765. The summed E-state index contributed by atoms with van der Waals surface area (Å²) in [6.07, 6.45) is 1.85. The SMILES string of the molecule is Cc1cn(C)c2cc(F)c(F)cc12. The Hall–Kier alpha value is -1.38. The second-order valence-electron chi connectivity index (χ2n) is 3.21. The molecule has 0 fully saturated rings. The number of hydrogen-bond acceptors (Lipinski definition) is 0. The van der Waals surface area contributed by atoms with Crippen molar-refractivity contribution in [1.29, 1.82) is 0 Å². The molecule has 0 aliphatic rings. The van der Waals surface area contributed by atoms with E-state index in [1.54, 1.807) is 4.57 Å². The van der Waals surface area contributed by atoms with Crippen molar-refractivity contribution in [2.75, 3.05) is 0 Å². The fourth-order valence-electron chi connectivity index (χ4n) is 1.57. The van der Waals surface area contributed by atoms with Crippen LogP contribution >= 0.6 is 0 Å². The van der Waals surface area contributed by atoms with Crippen LogP contribution in [0.1, 0.15) is 5.56 Å². The molecule has 0 aliphatic heterocycles. The van der Waals surface area contributed by atoms with E-state index in [4.69, 9.17) is 0 Å². The summed E-state index contributed by atoms with van der Waals surface area (Å²) in [4.78, 5) is 0. The van der Waals surface area contributed by atoms with Crippen LogP contribution in [0.15, 0.2) is 18.3 Å². The first-order valence-electron chi connectivity index (χ1n) is 4.00. The summed E-state index contributed by atoms with van der Waals surface area (Å²) < 4.78 is 27.5. The number of nitrogens with zero attached hydrogens (tertiary/aromatic N) is 1. The van der Waals surface area contributed by atoms with Crippen LogP contribution in [0.3, 0.4) is 0 Å². The summed E-state index contributed by atoms with van der Waals surface area (Å²) in [7, 11) is 1.81. The molecule has 0 spiro atoms. The number of aromatic nitrogens is 1. The van der Waals surface area contributed by atoms with Crippen LogP contribution in [0.25, 0.3) is 10.9 Å². The third kappa shape index (κ3) is 1.11. The van der Waals surface area contributed by atoms with Gasteiger partial charge >= 0.3 is 0 Å². The van der Waals surface area contributed by atoms with E-state index in [9.17, 15) is 8.78 Å². The molecule has 2 aromatic rings. The van der Waals surface area contributed by atoms with E-state index >= 15 is 0 Å². The Kier molecular flexibility index (Phi) is 1.62. The number of aryl methyl sites for hydroxylation is 2. The van der Waals surface area contributed by atoms with Gasteiger partial charge in [-0.1, -0.05) is 0 Å². The van der Waals surface area contributed by atoms with Gasteiger partial charge in [-0.05, 0) is 18.6 Å². The van der Waals surface area contributed by atoms with Crippen LogP contribution in [0.4, 0.5) is 8.78 Å². The number of halogens is 2. The summed E-state index contributed by atoms with van der Waals surface area (Å²) in [6, 6.07) is 2.46. The Labute approximate surface area is 74.6 Å². The Bertz CT molecular complexity index is 429. The minimum atomic E-state index is -0.798. The molecule has 0 unspecified atom stereocenters. The minimum Gasteiger partial charge on any atom is -0.350 e. The van der Waals surface area contributed by atoms with E-state index in [2.05, 4.69) is 0 Å². The molecule has 3 heteroatoms. The van der Waals surface area contributed by atoms with Crippen molar-refractivity contribution >= 4 is 10.9 Å². The Morgan fingerprint density at radius 1 is 1.15 bits per heavy atom. The zero-order valence-corrected chi connectivity index (χ0v) is 7.44. The molecule has 0 radical (unpaired) electrons. The highest BCUT2D eigenvalue weighted by Crippen LogP contribution is 2.22. The summed E-state index contributed by atoms with van der Waals surface area (Å²) in [6.45, 7) is 1.87. The number of rotatable bonds is 0. The maximum Gasteiger partial charge on any atom is 0.160 e. The zero-order valence-electron chi connectivity index (χ0n) is 7.44. The number of hydrogen-bond donors (Lipinski definition) is 0. The van der Waals surface area contributed by atoms with Gasteiger partial charge in [0.1, 0.15) is 0 Å². The van der Waals surface area contributed by atoms with Gasteiger partial charge in [-0.25, -0.2) is 8.78 Å². The first kappa shape index (κ1) is 8.23. The van der Waals surface area contributed by atoms with E-state index in [0.717, 1.165) is 16.5 Å². The van der Waals surface area contributed by atoms with Crippen LogP contribution in [0.5, 0.6) is 0 Å². The molecule has 0 amide bonds. The van der Waals surface area contributed by atoms with Gasteiger partial charge in [0.2, 0.25) is 0 Å². The molecule has 1 aromatic carbocycles. The van der Waals surface area contributed by atoms with E-state index < -0.39 is 11.6 Å². The molecule has 0 bridgehead atoms. The molecular weight excluding hydrogens is 172 g/mol. The minimum absolute atomic E-state index is 0.719. The Balaban J connectivity index is 2.91. The molecule has 0 aliphatic carbocycles. The molecular formula is C10H9F2N. The fourth-order valence-corrected chi connectivity index (χ4v) is 1.57. The highest BCUT2D eigenvalue weighted by molar-refractivity contribution is 5.83. The lowest BCUT2D eigenvalue weighted by Crippen LogP contribution is -1.87.